The minimum Gasteiger partial charge on any atom is -0.361 e. The van der Waals surface area contributed by atoms with Crippen molar-refractivity contribution in [1.82, 2.24) is 15.2 Å². The summed E-state index contributed by atoms with van der Waals surface area (Å²) in [4.78, 5) is 16.4. The van der Waals surface area contributed by atoms with Gasteiger partial charge in [-0.1, -0.05) is 18.2 Å². The number of aromatic amines is 1. The normalized spacial score (nSPS) is 15.4. The number of hydrogen-bond acceptors (Lipinski definition) is 2. The van der Waals surface area contributed by atoms with E-state index in [4.69, 9.17) is 12.2 Å². The SMILES string of the molecule is O=C1CNC(=S)N1CCc1c[nH]c2ccccc12. The standard InChI is InChI=1S/C13H13N3OS/c17-12-8-15-13(18)16(12)6-5-9-7-14-11-4-2-1-3-10(9)11/h1-4,7,14H,5-6,8H2,(H,15,18). The third-order valence-electron chi connectivity index (χ3n) is 3.22. The molecular weight excluding hydrogens is 246 g/mol. The van der Waals surface area contributed by atoms with Crippen LogP contribution >= 0.6 is 12.2 Å². The van der Waals surface area contributed by atoms with Crippen LogP contribution in [0.25, 0.3) is 10.9 Å². The Labute approximate surface area is 110 Å². The first-order valence-corrected chi connectivity index (χ1v) is 6.30. The van der Waals surface area contributed by atoms with Crippen LogP contribution in [0.5, 0.6) is 0 Å². The van der Waals surface area contributed by atoms with Crippen molar-refractivity contribution in [3.8, 4) is 0 Å². The maximum atomic E-state index is 11.6. The third kappa shape index (κ3) is 1.86. The summed E-state index contributed by atoms with van der Waals surface area (Å²) in [5.74, 6) is 0.0554. The van der Waals surface area contributed by atoms with Crippen LogP contribution in [0.15, 0.2) is 30.5 Å². The maximum Gasteiger partial charge on any atom is 0.248 e. The Bertz CT molecular complexity index is 603. The van der Waals surface area contributed by atoms with Gasteiger partial charge in [0.05, 0.1) is 6.54 Å². The zero-order valence-electron chi connectivity index (χ0n) is 9.77. The highest BCUT2D eigenvalue weighted by Crippen LogP contribution is 2.18. The molecule has 0 spiro atoms. The summed E-state index contributed by atoms with van der Waals surface area (Å²) in [5, 5.41) is 4.64. The first-order chi connectivity index (χ1) is 8.75. The highest BCUT2D eigenvalue weighted by molar-refractivity contribution is 7.80. The topological polar surface area (TPSA) is 48.1 Å². The number of thiocarbonyl (C=S) groups is 1. The van der Waals surface area contributed by atoms with E-state index < -0.39 is 0 Å². The highest BCUT2D eigenvalue weighted by Gasteiger charge is 2.24. The van der Waals surface area contributed by atoms with Crippen molar-refractivity contribution in [2.45, 2.75) is 6.42 Å². The molecule has 0 aliphatic carbocycles. The second-order valence-electron chi connectivity index (χ2n) is 4.31. The lowest BCUT2D eigenvalue weighted by Crippen LogP contribution is -2.32. The first-order valence-electron chi connectivity index (χ1n) is 5.89. The van der Waals surface area contributed by atoms with E-state index in [1.165, 1.54) is 10.9 Å². The Balaban J connectivity index is 1.77. The van der Waals surface area contributed by atoms with E-state index in [1.807, 2.05) is 24.4 Å². The van der Waals surface area contributed by atoms with E-state index in [-0.39, 0.29) is 5.91 Å². The number of nitrogens with zero attached hydrogens (tertiary/aromatic N) is 1. The van der Waals surface area contributed by atoms with E-state index in [0.29, 0.717) is 18.2 Å². The molecular formula is C13H13N3OS. The number of carbonyl (C=O) groups excluding carboxylic acids is 1. The van der Waals surface area contributed by atoms with Crippen LogP contribution in [0.3, 0.4) is 0 Å². The number of hydrogen-bond donors (Lipinski definition) is 2. The summed E-state index contributed by atoms with van der Waals surface area (Å²) in [6.45, 7) is 0.958. The second-order valence-corrected chi connectivity index (χ2v) is 4.70. The van der Waals surface area contributed by atoms with Crippen molar-refractivity contribution < 1.29 is 4.79 Å². The van der Waals surface area contributed by atoms with E-state index in [2.05, 4.69) is 16.4 Å². The van der Waals surface area contributed by atoms with E-state index >= 15 is 0 Å². The van der Waals surface area contributed by atoms with E-state index in [9.17, 15) is 4.79 Å². The van der Waals surface area contributed by atoms with E-state index in [1.54, 1.807) is 4.90 Å². The molecule has 1 aromatic heterocycles. The van der Waals surface area contributed by atoms with Gasteiger partial charge in [0.15, 0.2) is 5.11 Å². The zero-order valence-corrected chi connectivity index (χ0v) is 10.6. The summed E-state index contributed by atoms with van der Waals surface area (Å²) in [7, 11) is 0. The summed E-state index contributed by atoms with van der Waals surface area (Å²) >= 11 is 5.09. The lowest BCUT2D eigenvalue weighted by Gasteiger charge is -2.13. The maximum absolute atomic E-state index is 11.6. The number of H-pyrrole nitrogens is 1. The number of rotatable bonds is 3. The molecule has 18 heavy (non-hydrogen) atoms. The molecule has 2 heterocycles. The monoisotopic (exact) mass is 259 g/mol. The Kier molecular flexibility index (Phi) is 2.76. The van der Waals surface area contributed by atoms with Crippen molar-refractivity contribution in [2.24, 2.45) is 0 Å². The number of fused-ring (bicyclic) bond motifs is 1. The molecule has 0 unspecified atom stereocenters. The van der Waals surface area contributed by atoms with Crippen LogP contribution in [0.2, 0.25) is 0 Å². The van der Waals surface area contributed by atoms with Crippen molar-refractivity contribution in [3.05, 3.63) is 36.0 Å². The molecule has 0 bridgehead atoms. The first kappa shape index (κ1) is 11.2. The molecule has 3 rings (SSSR count). The molecule has 0 saturated carbocycles. The van der Waals surface area contributed by atoms with Crippen molar-refractivity contribution in [3.63, 3.8) is 0 Å². The summed E-state index contributed by atoms with van der Waals surface area (Å²) in [6, 6.07) is 8.16. The number of amides is 1. The van der Waals surface area contributed by atoms with Crippen LogP contribution in [0, 0.1) is 0 Å². The van der Waals surface area contributed by atoms with Crippen molar-refractivity contribution >= 4 is 34.1 Å². The molecule has 0 atom stereocenters. The largest absolute Gasteiger partial charge is 0.361 e. The van der Waals surface area contributed by atoms with Gasteiger partial charge < -0.3 is 10.3 Å². The van der Waals surface area contributed by atoms with Gasteiger partial charge >= 0.3 is 0 Å². The molecule has 1 amide bonds. The minimum atomic E-state index is 0.0554. The number of benzene rings is 1. The average molecular weight is 259 g/mol. The number of para-hydroxylation sites is 1. The zero-order chi connectivity index (χ0) is 12.5. The van der Waals surface area contributed by atoms with Gasteiger partial charge in [-0.3, -0.25) is 9.69 Å². The second kappa shape index (κ2) is 4.42. The molecule has 1 aromatic carbocycles. The third-order valence-corrected chi connectivity index (χ3v) is 3.58. The molecule has 2 aromatic rings. The number of aromatic nitrogens is 1. The Morgan fingerprint density at radius 1 is 1.33 bits per heavy atom. The van der Waals surface area contributed by atoms with Crippen LogP contribution in [-0.2, 0) is 11.2 Å². The van der Waals surface area contributed by atoms with Crippen LogP contribution < -0.4 is 5.32 Å². The molecule has 1 aliphatic rings. The summed E-state index contributed by atoms with van der Waals surface area (Å²) < 4.78 is 0. The van der Waals surface area contributed by atoms with Crippen LogP contribution in [0.1, 0.15) is 5.56 Å². The lowest BCUT2D eigenvalue weighted by molar-refractivity contribution is -0.124. The van der Waals surface area contributed by atoms with Gasteiger partial charge in [-0.2, -0.15) is 0 Å². The van der Waals surface area contributed by atoms with Gasteiger partial charge in [0.2, 0.25) is 5.91 Å². The molecule has 1 saturated heterocycles. The van der Waals surface area contributed by atoms with Crippen LogP contribution in [0.4, 0.5) is 0 Å². The van der Waals surface area contributed by atoms with Crippen molar-refractivity contribution in [2.75, 3.05) is 13.1 Å². The fraction of sp³-hybridized carbons (Fsp3) is 0.231. The van der Waals surface area contributed by atoms with E-state index in [0.717, 1.165) is 11.9 Å². The lowest BCUT2D eigenvalue weighted by atomic mass is 10.1. The molecule has 1 aliphatic heterocycles. The van der Waals surface area contributed by atoms with Gasteiger partial charge in [0, 0.05) is 23.6 Å². The van der Waals surface area contributed by atoms with Gasteiger partial charge in [-0.15, -0.1) is 0 Å². The predicted molar refractivity (Wildman–Crippen MR) is 74.3 cm³/mol. The van der Waals surface area contributed by atoms with Crippen molar-refractivity contribution in [1.29, 1.82) is 0 Å². The quantitative estimate of drug-likeness (QED) is 0.820. The molecule has 2 N–H and O–H groups in total. The van der Waals surface area contributed by atoms with Crippen LogP contribution in [-0.4, -0.2) is 34.0 Å². The average Bonchev–Trinajstić information content (AvgIpc) is 2.93. The Hall–Kier alpha value is -1.88. The minimum absolute atomic E-state index is 0.0554. The molecule has 0 radical (unpaired) electrons. The number of carbonyl (C=O) groups is 1. The Morgan fingerprint density at radius 2 is 2.17 bits per heavy atom. The smallest absolute Gasteiger partial charge is 0.248 e. The predicted octanol–water partition coefficient (Wildman–Crippen LogP) is 1.43. The molecule has 5 heteroatoms. The summed E-state index contributed by atoms with van der Waals surface area (Å²) in [5.41, 5.74) is 2.34. The van der Waals surface area contributed by atoms with Gasteiger partial charge in [0.1, 0.15) is 0 Å². The summed E-state index contributed by atoms with van der Waals surface area (Å²) in [6.07, 6.45) is 2.80. The Morgan fingerprint density at radius 3 is 2.94 bits per heavy atom. The van der Waals surface area contributed by atoms with Gasteiger partial charge in [0.25, 0.3) is 0 Å². The molecule has 1 fully saturated rings. The van der Waals surface area contributed by atoms with Gasteiger partial charge in [-0.25, -0.2) is 0 Å². The fourth-order valence-corrected chi connectivity index (χ4v) is 2.52. The number of nitrogens with one attached hydrogen (secondary N) is 2. The highest BCUT2D eigenvalue weighted by atomic mass is 32.1. The van der Waals surface area contributed by atoms with Gasteiger partial charge in [-0.05, 0) is 30.3 Å². The molecule has 92 valence electrons. The fourth-order valence-electron chi connectivity index (χ4n) is 2.25. The molecule has 4 nitrogen and oxygen atoms in total.